The fourth-order valence-corrected chi connectivity index (χ4v) is 3.14. The summed E-state index contributed by atoms with van der Waals surface area (Å²) < 4.78 is 19.3. The quantitative estimate of drug-likeness (QED) is 0.618. The van der Waals surface area contributed by atoms with E-state index < -0.39 is 0 Å². The molecule has 0 bridgehead atoms. The van der Waals surface area contributed by atoms with E-state index in [1.807, 2.05) is 24.3 Å². The summed E-state index contributed by atoms with van der Waals surface area (Å²) in [5.74, 6) is 1.05. The number of hydrogen-bond acceptors (Lipinski definition) is 2. The average Bonchev–Trinajstić information content (AvgIpc) is 2.58. The molecule has 1 aliphatic heterocycles. The zero-order valence-corrected chi connectivity index (χ0v) is 14.7. The molecule has 1 unspecified atom stereocenters. The van der Waals surface area contributed by atoms with Gasteiger partial charge in [0.2, 0.25) is 0 Å². The number of nitrogens with two attached hydrogens (primary N) is 1. The van der Waals surface area contributed by atoms with Gasteiger partial charge in [-0.1, -0.05) is 24.3 Å². The van der Waals surface area contributed by atoms with E-state index in [0.29, 0.717) is 30.0 Å². The number of aliphatic imine (C=N–C) groups is 1. The minimum Gasteiger partial charge on any atom is -0.493 e. The first-order valence-corrected chi connectivity index (χ1v) is 8.65. The molecule has 24 heavy (non-hydrogen) atoms. The second-order valence-electron chi connectivity index (χ2n) is 5.64. The highest BCUT2D eigenvalue weighted by Crippen LogP contribution is 2.31. The molecule has 3 N–H and O–H groups in total. The first-order chi connectivity index (χ1) is 11.6. The van der Waals surface area contributed by atoms with Crippen molar-refractivity contribution < 1.29 is 9.13 Å². The number of rotatable bonds is 4. The van der Waals surface area contributed by atoms with Crippen molar-refractivity contribution in [2.45, 2.75) is 18.9 Å². The Bertz CT molecular complexity index is 751. The van der Waals surface area contributed by atoms with Gasteiger partial charge in [0.25, 0.3) is 0 Å². The summed E-state index contributed by atoms with van der Waals surface area (Å²) in [4.78, 5) is 4.37. The van der Waals surface area contributed by atoms with Crippen LogP contribution in [0, 0.1) is 5.82 Å². The van der Waals surface area contributed by atoms with E-state index in [1.54, 1.807) is 12.1 Å². The molecule has 1 atom stereocenters. The smallest absolute Gasteiger partial charge is 0.189 e. The van der Waals surface area contributed by atoms with E-state index in [0.717, 1.165) is 23.3 Å². The second kappa shape index (κ2) is 7.66. The molecule has 4 nitrogen and oxygen atoms in total. The normalized spacial score (nSPS) is 17.1. The standard InChI is InChI=1S/C18H19BrFN3O/c19-14-11-12(5-6-15(14)20)7-9-22-18(21)23-16-8-10-24-17-4-2-1-3-13(16)17/h1-6,11,16H,7-10H2,(H3,21,22,23). The molecule has 2 aromatic rings. The molecule has 0 aromatic heterocycles. The summed E-state index contributed by atoms with van der Waals surface area (Å²) in [6.07, 6.45) is 1.55. The largest absolute Gasteiger partial charge is 0.493 e. The maximum Gasteiger partial charge on any atom is 0.189 e. The Balaban J connectivity index is 1.58. The molecule has 0 spiro atoms. The lowest BCUT2D eigenvalue weighted by Crippen LogP contribution is -2.37. The van der Waals surface area contributed by atoms with Gasteiger partial charge in [0.1, 0.15) is 11.6 Å². The molecule has 1 aliphatic rings. The zero-order valence-electron chi connectivity index (χ0n) is 13.1. The van der Waals surface area contributed by atoms with Crippen LogP contribution < -0.4 is 15.8 Å². The maximum absolute atomic E-state index is 13.2. The van der Waals surface area contributed by atoms with E-state index in [-0.39, 0.29) is 11.9 Å². The van der Waals surface area contributed by atoms with Crippen molar-refractivity contribution in [3.8, 4) is 5.75 Å². The highest BCUT2D eigenvalue weighted by molar-refractivity contribution is 9.10. The summed E-state index contributed by atoms with van der Waals surface area (Å²) in [7, 11) is 0. The number of nitrogens with one attached hydrogen (secondary N) is 1. The number of nitrogens with zero attached hydrogens (tertiary/aromatic N) is 1. The monoisotopic (exact) mass is 391 g/mol. The molecule has 0 fully saturated rings. The van der Waals surface area contributed by atoms with Crippen molar-refractivity contribution in [2.75, 3.05) is 13.2 Å². The van der Waals surface area contributed by atoms with Gasteiger partial charge in [-0.2, -0.15) is 0 Å². The first kappa shape index (κ1) is 16.8. The molecule has 0 saturated heterocycles. The Morgan fingerprint density at radius 3 is 3.00 bits per heavy atom. The van der Waals surface area contributed by atoms with Gasteiger partial charge in [-0.15, -0.1) is 0 Å². The van der Waals surface area contributed by atoms with Crippen molar-refractivity contribution in [1.29, 1.82) is 0 Å². The van der Waals surface area contributed by atoms with Crippen molar-refractivity contribution in [3.63, 3.8) is 0 Å². The fourth-order valence-electron chi connectivity index (χ4n) is 2.72. The Kier molecular flexibility index (Phi) is 5.35. The van der Waals surface area contributed by atoms with Crippen molar-refractivity contribution in [3.05, 3.63) is 63.9 Å². The number of ether oxygens (including phenoxy) is 1. The zero-order chi connectivity index (χ0) is 16.9. The summed E-state index contributed by atoms with van der Waals surface area (Å²) in [6, 6.07) is 13.0. The van der Waals surface area contributed by atoms with Crippen LogP contribution in [-0.2, 0) is 6.42 Å². The van der Waals surface area contributed by atoms with E-state index in [2.05, 4.69) is 26.2 Å². The van der Waals surface area contributed by atoms with Crippen molar-refractivity contribution in [1.82, 2.24) is 5.32 Å². The van der Waals surface area contributed by atoms with Crippen LogP contribution in [0.25, 0.3) is 0 Å². The number of para-hydroxylation sites is 1. The van der Waals surface area contributed by atoms with E-state index in [1.165, 1.54) is 6.07 Å². The number of benzene rings is 2. The van der Waals surface area contributed by atoms with Crippen LogP contribution >= 0.6 is 15.9 Å². The number of guanidine groups is 1. The molecule has 126 valence electrons. The Morgan fingerprint density at radius 2 is 2.17 bits per heavy atom. The molecule has 6 heteroatoms. The van der Waals surface area contributed by atoms with Crippen molar-refractivity contribution in [2.24, 2.45) is 10.7 Å². The van der Waals surface area contributed by atoms with Crippen LogP contribution in [0.5, 0.6) is 5.75 Å². The van der Waals surface area contributed by atoms with Gasteiger partial charge in [0.05, 0.1) is 17.1 Å². The SMILES string of the molecule is NC(=NCCc1ccc(F)c(Br)c1)NC1CCOc2ccccc21. The average molecular weight is 392 g/mol. The van der Waals surface area contributed by atoms with Gasteiger partial charge >= 0.3 is 0 Å². The van der Waals surface area contributed by atoms with Crippen LogP contribution in [0.3, 0.4) is 0 Å². The Morgan fingerprint density at radius 1 is 1.33 bits per heavy atom. The summed E-state index contributed by atoms with van der Waals surface area (Å²) in [6.45, 7) is 1.20. The second-order valence-corrected chi connectivity index (χ2v) is 6.49. The lowest BCUT2D eigenvalue weighted by molar-refractivity contribution is 0.262. The number of fused-ring (bicyclic) bond motifs is 1. The van der Waals surface area contributed by atoms with Crippen molar-refractivity contribution >= 4 is 21.9 Å². The third kappa shape index (κ3) is 4.06. The van der Waals surface area contributed by atoms with Gasteiger partial charge in [-0.3, -0.25) is 4.99 Å². The first-order valence-electron chi connectivity index (χ1n) is 7.85. The third-order valence-corrected chi connectivity index (χ3v) is 4.55. The fraction of sp³-hybridized carbons (Fsp3) is 0.278. The van der Waals surface area contributed by atoms with Crippen LogP contribution in [0.15, 0.2) is 51.9 Å². The van der Waals surface area contributed by atoms with Gasteiger partial charge < -0.3 is 15.8 Å². The molecular weight excluding hydrogens is 373 g/mol. The molecule has 0 amide bonds. The highest BCUT2D eigenvalue weighted by Gasteiger charge is 2.21. The van der Waals surface area contributed by atoms with Gasteiger partial charge in [0.15, 0.2) is 5.96 Å². The lowest BCUT2D eigenvalue weighted by Gasteiger charge is -2.26. The van der Waals surface area contributed by atoms with Crippen LogP contribution in [-0.4, -0.2) is 19.1 Å². The van der Waals surface area contributed by atoms with E-state index in [4.69, 9.17) is 10.5 Å². The molecule has 2 aromatic carbocycles. The number of hydrogen-bond donors (Lipinski definition) is 2. The topological polar surface area (TPSA) is 59.6 Å². The molecule has 0 radical (unpaired) electrons. The predicted octanol–water partition coefficient (Wildman–Crippen LogP) is 3.56. The van der Waals surface area contributed by atoms with Gasteiger partial charge in [-0.25, -0.2) is 4.39 Å². The molecule has 3 rings (SSSR count). The third-order valence-electron chi connectivity index (χ3n) is 3.95. The van der Waals surface area contributed by atoms with Crippen LogP contribution in [0.4, 0.5) is 4.39 Å². The minimum atomic E-state index is -0.262. The number of halogens is 2. The Hall–Kier alpha value is -2.08. The summed E-state index contributed by atoms with van der Waals surface area (Å²) in [5.41, 5.74) is 8.12. The van der Waals surface area contributed by atoms with E-state index in [9.17, 15) is 4.39 Å². The van der Waals surface area contributed by atoms with E-state index >= 15 is 0 Å². The predicted molar refractivity (Wildman–Crippen MR) is 96.7 cm³/mol. The molecular formula is C18H19BrFN3O. The van der Waals surface area contributed by atoms with Crippen LogP contribution in [0.1, 0.15) is 23.6 Å². The molecule has 0 saturated carbocycles. The Labute approximate surface area is 149 Å². The molecule has 1 heterocycles. The summed E-state index contributed by atoms with van der Waals surface area (Å²) >= 11 is 3.19. The van der Waals surface area contributed by atoms with Gasteiger partial charge in [-0.05, 0) is 46.1 Å². The maximum atomic E-state index is 13.2. The highest BCUT2D eigenvalue weighted by atomic mass is 79.9. The van der Waals surface area contributed by atoms with Crippen LogP contribution in [0.2, 0.25) is 0 Å². The molecule has 0 aliphatic carbocycles. The minimum absolute atomic E-state index is 0.110. The van der Waals surface area contributed by atoms with Gasteiger partial charge in [0, 0.05) is 18.5 Å². The lowest BCUT2D eigenvalue weighted by atomic mass is 10.0. The summed E-state index contributed by atoms with van der Waals surface area (Å²) in [5, 5.41) is 3.26.